The summed E-state index contributed by atoms with van der Waals surface area (Å²) >= 11 is 0. The van der Waals surface area contributed by atoms with Crippen molar-refractivity contribution in [3.05, 3.63) is 12.2 Å². The number of rotatable bonds is 3. The molecule has 17 heavy (non-hydrogen) atoms. The molecule has 1 aliphatic rings. The van der Waals surface area contributed by atoms with Crippen molar-refractivity contribution in [2.24, 2.45) is 11.3 Å². The molecule has 1 unspecified atom stereocenters. The van der Waals surface area contributed by atoms with E-state index in [1.54, 1.807) is 6.92 Å². The summed E-state index contributed by atoms with van der Waals surface area (Å²) in [4.78, 5) is 24.1. The Kier molecular flexibility index (Phi) is 3.92. The number of Topliss-reactive ketones (excluding diaryl/α,β-unsaturated/α-hetero) is 2. The number of hydrogen-bond donors (Lipinski definition) is 0. The molecule has 0 N–H and O–H groups in total. The molecule has 0 bridgehead atoms. The Morgan fingerprint density at radius 1 is 1.53 bits per heavy atom. The summed E-state index contributed by atoms with van der Waals surface area (Å²) in [5.41, 5.74) is -0.656. The monoisotopic (exact) mass is 238 g/mol. The van der Waals surface area contributed by atoms with Gasteiger partial charge in [-0.15, -0.1) is 0 Å². The molecule has 1 fully saturated rings. The molecule has 0 amide bonds. The first-order valence-electron chi connectivity index (χ1n) is 6.11. The molecule has 0 spiro atoms. The van der Waals surface area contributed by atoms with Gasteiger partial charge in [-0.1, -0.05) is 20.4 Å². The van der Waals surface area contributed by atoms with E-state index in [2.05, 4.69) is 20.4 Å². The van der Waals surface area contributed by atoms with Crippen LogP contribution in [0, 0.1) is 11.3 Å². The van der Waals surface area contributed by atoms with Crippen molar-refractivity contribution in [2.75, 3.05) is 0 Å². The molecule has 0 radical (unpaired) electrons. The van der Waals surface area contributed by atoms with Crippen molar-refractivity contribution in [1.29, 1.82) is 0 Å². The predicted octanol–water partition coefficient (Wildman–Crippen LogP) is 2.54. The molecule has 1 heterocycles. The Hall–Kier alpha value is -0.960. The van der Waals surface area contributed by atoms with E-state index in [9.17, 15) is 9.59 Å². The fourth-order valence-electron chi connectivity index (χ4n) is 2.23. The van der Waals surface area contributed by atoms with Crippen LogP contribution >= 0.6 is 0 Å². The van der Waals surface area contributed by atoms with E-state index in [1.165, 1.54) is 6.92 Å². The fraction of sp³-hybridized carbons (Fsp3) is 0.714. The molecule has 0 aromatic heterocycles. The standard InChI is InChI=1S/C14H22O3/c1-8(2)7-12-14(6,11(5)15)13(16)9(3)10(4)17-12/h8,10,12H,3,7H2,1-2,4-6H3/t10-,12?,14-/m1/s1. The number of hydrogen-bond acceptors (Lipinski definition) is 3. The lowest BCUT2D eigenvalue weighted by molar-refractivity contribution is -0.159. The molecule has 3 atom stereocenters. The quantitative estimate of drug-likeness (QED) is 0.560. The van der Waals surface area contributed by atoms with E-state index in [1.807, 2.05) is 6.92 Å². The third-order valence-corrected chi connectivity index (χ3v) is 3.68. The second kappa shape index (κ2) is 4.73. The van der Waals surface area contributed by atoms with Crippen LogP contribution in [-0.2, 0) is 14.3 Å². The summed E-state index contributed by atoms with van der Waals surface area (Å²) in [6.45, 7) is 12.8. The van der Waals surface area contributed by atoms with Crippen LogP contribution in [0.4, 0.5) is 0 Å². The van der Waals surface area contributed by atoms with E-state index in [0.29, 0.717) is 17.9 Å². The molecular formula is C14H22O3. The van der Waals surface area contributed by atoms with Crippen LogP contribution in [0.5, 0.6) is 0 Å². The van der Waals surface area contributed by atoms with Gasteiger partial charge in [0.2, 0.25) is 0 Å². The normalized spacial score (nSPS) is 34.2. The third-order valence-electron chi connectivity index (χ3n) is 3.68. The molecule has 1 saturated heterocycles. The number of carbonyl (C=O) groups excluding carboxylic acids is 2. The van der Waals surface area contributed by atoms with Gasteiger partial charge in [0.1, 0.15) is 11.2 Å². The largest absolute Gasteiger partial charge is 0.369 e. The van der Waals surface area contributed by atoms with Crippen molar-refractivity contribution < 1.29 is 14.3 Å². The molecule has 0 aromatic rings. The lowest BCUT2D eigenvalue weighted by atomic mass is 9.69. The SMILES string of the molecule is C=C1C(=O)[C@](C)(C(C)=O)C(CC(C)C)O[C@@H]1C. The summed E-state index contributed by atoms with van der Waals surface area (Å²) < 4.78 is 5.82. The minimum absolute atomic E-state index is 0.138. The van der Waals surface area contributed by atoms with Gasteiger partial charge < -0.3 is 4.74 Å². The summed E-state index contributed by atoms with van der Waals surface area (Å²) in [5, 5.41) is 0. The number of ether oxygens (including phenoxy) is 1. The number of ketones is 2. The highest BCUT2D eigenvalue weighted by molar-refractivity contribution is 6.14. The fourth-order valence-corrected chi connectivity index (χ4v) is 2.23. The first kappa shape index (κ1) is 14.1. The van der Waals surface area contributed by atoms with Gasteiger partial charge >= 0.3 is 0 Å². The highest BCUT2D eigenvalue weighted by Gasteiger charge is 2.51. The van der Waals surface area contributed by atoms with Gasteiger partial charge in [0.15, 0.2) is 5.78 Å². The van der Waals surface area contributed by atoms with Crippen LogP contribution in [0.2, 0.25) is 0 Å². The first-order valence-corrected chi connectivity index (χ1v) is 6.11. The van der Waals surface area contributed by atoms with Gasteiger partial charge in [-0.2, -0.15) is 0 Å². The van der Waals surface area contributed by atoms with Crippen molar-refractivity contribution >= 4 is 11.6 Å². The van der Waals surface area contributed by atoms with Gasteiger partial charge in [-0.25, -0.2) is 0 Å². The average Bonchev–Trinajstić information content (AvgIpc) is 2.22. The second-order valence-corrected chi connectivity index (χ2v) is 5.51. The first-order chi connectivity index (χ1) is 7.71. The predicted molar refractivity (Wildman–Crippen MR) is 66.7 cm³/mol. The maximum Gasteiger partial charge on any atom is 0.176 e. The zero-order valence-electron chi connectivity index (χ0n) is 11.4. The minimum Gasteiger partial charge on any atom is -0.369 e. The van der Waals surface area contributed by atoms with E-state index < -0.39 is 5.41 Å². The van der Waals surface area contributed by atoms with Gasteiger partial charge in [0, 0.05) is 5.57 Å². The Morgan fingerprint density at radius 2 is 2.06 bits per heavy atom. The molecule has 96 valence electrons. The van der Waals surface area contributed by atoms with Crippen molar-refractivity contribution in [1.82, 2.24) is 0 Å². The molecular weight excluding hydrogens is 216 g/mol. The number of carbonyl (C=O) groups is 2. The second-order valence-electron chi connectivity index (χ2n) is 5.51. The Balaban J connectivity index is 3.12. The molecule has 3 nitrogen and oxygen atoms in total. The van der Waals surface area contributed by atoms with Crippen LogP contribution in [0.15, 0.2) is 12.2 Å². The van der Waals surface area contributed by atoms with E-state index in [4.69, 9.17) is 4.74 Å². The summed E-state index contributed by atoms with van der Waals surface area (Å²) in [7, 11) is 0. The van der Waals surface area contributed by atoms with Crippen molar-refractivity contribution in [3.63, 3.8) is 0 Å². The third kappa shape index (κ3) is 2.34. The average molecular weight is 238 g/mol. The van der Waals surface area contributed by atoms with E-state index >= 15 is 0 Å². The maximum atomic E-state index is 12.3. The van der Waals surface area contributed by atoms with Crippen LogP contribution in [0.3, 0.4) is 0 Å². The Morgan fingerprint density at radius 3 is 2.47 bits per heavy atom. The molecule has 0 aromatic carbocycles. The zero-order valence-corrected chi connectivity index (χ0v) is 11.4. The summed E-state index contributed by atoms with van der Waals surface area (Å²) in [6.07, 6.45) is 0.0751. The van der Waals surface area contributed by atoms with E-state index in [-0.39, 0.29) is 23.8 Å². The van der Waals surface area contributed by atoms with Gasteiger partial charge in [0.05, 0.1) is 12.2 Å². The highest BCUT2D eigenvalue weighted by atomic mass is 16.5. The Bertz CT molecular complexity index is 356. The van der Waals surface area contributed by atoms with Crippen LogP contribution in [-0.4, -0.2) is 23.8 Å². The molecule has 3 heteroatoms. The summed E-state index contributed by atoms with van der Waals surface area (Å²) in [5.74, 6) is 0.0839. The van der Waals surface area contributed by atoms with Crippen LogP contribution in [0.25, 0.3) is 0 Å². The van der Waals surface area contributed by atoms with Gasteiger partial charge in [0.25, 0.3) is 0 Å². The van der Waals surface area contributed by atoms with Crippen LogP contribution in [0.1, 0.15) is 41.0 Å². The highest BCUT2D eigenvalue weighted by Crippen LogP contribution is 2.39. The lowest BCUT2D eigenvalue weighted by Gasteiger charge is -2.42. The Labute approximate surface area is 103 Å². The molecule has 1 aliphatic heterocycles. The smallest absolute Gasteiger partial charge is 0.176 e. The molecule has 0 saturated carbocycles. The summed E-state index contributed by atoms with van der Waals surface area (Å²) in [6, 6.07) is 0. The minimum atomic E-state index is -1.06. The molecule has 1 rings (SSSR count). The zero-order chi connectivity index (χ0) is 13.4. The lowest BCUT2D eigenvalue weighted by Crippen LogP contribution is -2.54. The van der Waals surface area contributed by atoms with E-state index in [0.717, 1.165) is 0 Å². The van der Waals surface area contributed by atoms with Crippen molar-refractivity contribution in [2.45, 2.75) is 53.2 Å². The molecule has 0 aliphatic carbocycles. The van der Waals surface area contributed by atoms with Gasteiger partial charge in [-0.05, 0) is 33.1 Å². The van der Waals surface area contributed by atoms with Crippen molar-refractivity contribution in [3.8, 4) is 0 Å². The van der Waals surface area contributed by atoms with Crippen LogP contribution < -0.4 is 0 Å². The van der Waals surface area contributed by atoms with Gasteiger partial charge in [-0.3, -0.25) is 9.59 Å². The maximum absolute atomic E-state index is 12.3. The topological polar surface area (TPSA) is 43.4 Å².